The molecule has 2 aliphatic rings. The molecule has 8 heteroatoms. The van der Waals surface area contributed by atoms with Gasteiger partial charge >= 0.3 is 0 Å². The molecule has 1 N–H and O–H groups in total. The molecule has 1 saturated carbocycles. The van der Waals surface area contributed by atoms with Crippen LogP contribution in [0.4, 0.5) is 5.82 Å². The Kier molecular flexibility index (Phi) is 7.46. The SMILES string of the molecule is CCCCc1nc2c(n1Cc1ccc(-c3ccccc3-c3nn[nH]n3)cc1)CN(CC(C)C)CN2CC1CC1. The minimum atomic E-state index is 0.613. The molecule has 0 bridgehead atoms. The van der Waals surface area contributed by atoms with Crippen LogP contribution in [0.5, 0.6) is 0 Å². The smallest absolute Gasteiger partial charge is 0.205 e. The van der Waals surface area contributed by atoms with Gasteiger partial charge in [0.2, 0.25) is 5.82 Å². The van der Waals surface area contributed by atoms with E-state index < -0.39 is 0 Å². The van der Waals surface area contributed by atoms with E-state index in [2.05, 4.69) is 92.2 Å². The maximum atomic E-state index is 5.30. The van der Waals surface area contributed by atoms with Crippen LogP contribution in [-0.2, 0) is 19.5 Å². The number of hydrogen-bond donors (Lipinski definition) is 1. The van der Waals surface area contributed by atoms with Crippen molar-refractivity contribution in [2.75, 3.05) is 24.7 Å². The molecule has 3 heterocycles. The zero-order valence-corrected chi connectivity index (χ0v) is 23.5. The van der Waals surface area contributed by atoms with Gasteiger partial charge in [-0.15, -0.1) is 10.2 Å². The van der Waals surface area contributed by atoms with Crippen molar-refractivity contribution in [1.82, 2.24) is 35.1 Å². The van der Waals surface area contributed by atoms with E-state index in [0.717, 1.165) is 61.9 Å². The Bertz CT molecular complexity index is 1370. The standard InChI is InChI=1S/C31H40N8/c1-4-5-10-29-32-31-28(20-37(17-22(2)3)21-38(31)18-23-11-12-23)39(29)19-24-13-15-25(16-14-24)26-8-6-7-9-27(26)30-33-35-36-34-30/h6-9,13-16,22-23H,4-5,10-12,17-21H2,1-3H3,(H,33,34,35,36). The number of rotatable bonds is 11. The van der Waals surface area contributed by atoms with Gasteiger partial charge in [-0.05, 0) is 53.0 Å². The first-order valence-electron chi connectivity index (χ1n) is 14.6. The Balaban J connectivity index is 1.31. The number of imidazole rings is 1. The van der Waals surface area contributed by atoms with Crippen LogP contribution in [0.2, 0.25) is 0 Å². The number of aromatic nitrogens is 6. The average molecular weight is 525 g/mol. The maximum Gasteiger partial charge on any atom is 0.205 e. The van der Waals surface area contributed by atoms with E-state index >= 15 is 0 Å². The summed E-state index contributed by atoms with van der Waals surface area (Å²) in [5.74, 6) is 4.57. The highest BCUT2D eigenvalue weighted by Crippen LogP contribution is 2.36. The maximum absolute atomic E-state index is 5.30. The van der Waals surface area contributed by atoms with Crippen molar-refractivity contribution in [1.29, 1.82) is 0 Å². The van der Waals surface area contributed by atoms with Crippen molar-refractivity contribution in [3.8, 4) is 22.5 Å². The average Bonchev–Trinajstić information content (AvgIpc) is 3.45. The number of hydrogen-bond acceptors (Lipinski definition) is 6. The monoisotopic (exact) mass is 524 g/mol. The number of aromatic amines is 1. The van der Waals surface area contributed by atoms with Gasteiger partial charge < -0.3 is 9.47 Å². The van der Waals surface area contributed by atoms with Crippen molar-refractivity contribution in [3.05, 3.63) is 65.6 Å². The first-order valence-corrected chi connectivity index (χ1v) is 14.6. The van der Waals surface area contributed by atoms with Crippen LogP contribution in [0, 0.1) is 11.8 Å². The Morgan fingerprint density at radius 1 is 1.03 bits per heavy atom. The van der Waals surface area contributed by atoms with Crippen molar-refractivity contribution in [2.24, 2.45) is 11.8 Å². The zero-order chi connectivity index (χ0) is 26.8. The number of tetrazole rings is 1. The van der Waals surface area contributed by atoms with Crippen LogP contribution in [0.25, 0.3) is 22.5 Å². The third-order valence-corrected chi connectivity index (χ3v) is 7.85. The summed E-state index contributed by atoms with van der Waals surface area (Å²) in [5, 5.41) is 14.7. The highest BCUT2D eigenvalue weighted by molar-refractivity contribution is 5.80. The number of nitrogens with one attached hydrogen (secondary N) is 1. The number of anilines is 1. The van der Waals surface area contributed by atoms with Crippen molar-refractivity contribution in [3.63, 3.8) is 0 Å². The van der Waals surface area contributed by atoms with Crippen LogP contribution in [0.1, 0.15) is 63.5 Å². The molecule has 39 heavy (non-hydrogen) atoms. The van der Waals surface area contributed by atoms with E-state index in [0.29, 0.717) is 11.7 Å². The molecule has 0 amide bonds. The zero-order valence-electron chi connectivity index (χ0n) is 23.5. The lowest BCUT2D eigenvalue weighted by atomic mass is 9.98. The van der Waals surface area contributed by atoms with Crippen molar-refractivity contribution in [2.45, 2.75) is 66.0 Å². The number of unbranched alkanes of at least 4 members (excludes halogenated alkanes) is 1. The van der Waals surface area contributed by atoms with Gasteiger partial charge in [0.05, 0.1) is 12.4 Å². The minimum Gasteiger partial charge on any atom is -0.342 e. The molecule has 0 saturated heterocycles. The van der Waals surface area contributed by atoms with E-state index in [1.165, 1.54) is 48.6 Å². The van der Waals surface area contributed by atoms with Gasteiger partial charge in [-0.25, -0.2) is 4.98 Å². The molecular weight excluding hydrogens is 484 g/mol. The molecule has 6 rings (SSSR count). The summed E-state index contributed by atoms with van der Waals surface area (Å²) in [6, 6.07) is 17.2. The van der Waals surface area contributed by atoms with E-state index in [1.807, 2.05) is 12.1 Å². The topological polar surface area (TPSA) is 78.8 Å². The van der Waals surface area contributed by atoms with Crippen LogP contribution >= 0.6 is 0 Å². The molecule has 8 nitrogen and oxygen atoms in total. The van der Waals surface area contributed by atoms with E-state index in [4.69, 9.17) is 4.98 Å². The van der Waals surface area contributed by atoms with Gasteiger partial charge in [-0.2, -0.15) is 5.21 Å². The molecule has 0 unspecified atom stereocenters. The second-order valence-electron chi connectivity index (χ2n) is 11.7. The van der Waals surface area contributed by atoms with E-state index in [-0.39, 0.29) is 0 Å². The van der Waals surface area contributed by atoms with Crippen LogP contribution in [0.3, 0.4) is 0 Å². The third-order valence-electron chi connectivity index (χ3n) is 7.85. The molecule has 1 aliphatic carbocycles. The van der Waals surface area contributed by atoms with Gasteiger partial charge in [-0.1, -0.05) is 75.7 Å². The fourth-order valence-corrected chi connectivity index (χ4v) is 5.79. The Hall–Kier alpha value is -3.52. The van der Waals surface area contributed by atoms with Gasteiger partial charge in [0.25, 0.3) is 0 Å². The molecule has 2 aromatic carbocycles. The van der Waals surface area contributed by atoms with Gasteiger partial charge in [0, 0.05) is 38.2 Å². The van der Waals surface area contributed by atoms with Crippen molar-refractivity contribution < 1.29 is 0 Å². The molecular formula is C31H40N8. The predicted molar refractivity (Wildman–Crippen MR) is 155 cm³/mol. The number of nitrogens with zero attached hydrogens (tertiary/aromatic N) is 7. The normalized spacial score (nSPS) is 15.7. The largest absolute Gasteiger partial charge is 0.342 e. The number of H-pyrrole nitrogens is 1. The van der Waals surface area contributed by atoms with Crippen molar-refractivity contribution >= 4 is 5.82 Å². The highest BCUT2D eigenvalue weighted by atomic mass is 15.5. The van der Waals surface area contributed by atoms with E-state index in [9.17, 15) is 0 Å². The number of aryl methyl sites for hydroxylation is 1. The molecule has 4 aromatic rings. The molecule has 2 aromatic heterocycles. The molecule has 1 aliphatic heterocycles. The molecule has 0 atom stereocenters. The highest BCUT2D eigenvalue weighted by Gasteiger charge is 2.33. The minimum absolute atomic E-state index is 0.613. The second-order valence-corrected chi connectivity index (χ2v) is 11.7. The third kappa shape index (κ3) is 5.76. The Labute approximate surface area is 231 Å². The number of fused-ring (bicyclic) bond motifs is 1. The van der Waals surface area contributed by atoms with Crippen LogP contribution in [0.15, 0.2) is 48.5 Å². The number of benzene rings is 2. The summed E-state index contributed by atoms with van der Waals surface area (Å²) < 4.78 is 2.53. The lowest BCUT2D eigenvalue weighted by Crippen LogP contribution is -2.45. The first-order chi connectivity index (χ1) is 19.1. The molecule has 0 radical (unpaired) electrons. The van der Waals surface area contributed by atoms with Crippen LogP contribution in [-0.4, -0.2) is 54.8 Å². The fourth-order valence-electron chi connectivity index (χ4n) is 5.79. The summed E-state index contributed by atoms with van der Waals surface area (Å²) in [4.78, 5) is 10.5. The molecule has 0 spiro atoms. The predicted octanol–water partition coefficient (Wildman–Crippen LogP) is 5.77. The van der Waals surface area contributed by atoms with Gasteiger partial charge in [0.15, 0.2) is 5.82 Å². The molecule has 1 fully saturated rings. The summed E-state index contributed by atoms with van der Waals surface area (Å²) in [6.07, 6.45) is 6.10. The van der Waals surface area contributed by atoms with Gasteiger partial charge in [0.1, 0.15) is 5.82 Å². The fraction of sp³-hybridized carbons (Fsp3) is 0.484. The molecule has 204 valence electrons. The lowest BCUT2D eigenvalue weighted by Gasteiger charge is -2.37. The van der Waals surface area contributed by atoms with E-state index in [1.54, 1.807) is 0 Å². The summed E-state index contributed by atoms with van der Waals surface area (Å²) in [6.45, 7) is 12.0. The lowest BCUT2D eigenvalue weighted by molar-refractivity contribution is 0.217. The van der Waals surface area contributed by atoms with Crippen LogP contribution < -0.4 is 4.90 Å². The summed E-state index contributed by atoms with van der Waals surface area (Å²) >= 11 is 0. The quantitative estimate of drug-likeness (QED) is 0.269. The summed E-state index contributed by atoms with van der Waals surface area (Å²) in [5.41, 5.74) is 5.92. The Morgan fingerprint density at radius 2 is 1.82 bits per heavy atom. The first kappa shape index (κ1) is 25.7. The second kappa shape index (κ2) is 11.3. The van der Waals surface area contributed by atoms with Gasteiger partial charge in [-0.3, -0.25) is 4.90 Å². The summed E-state index contributed by atoms with van der Waals surface area (Å²) in [7, 11) is 0. The Morgan fingerprint density at radius 3 is 2.51 bits per heavy atom.